The molecule has 0 heterocycles. The molecule has 3 unspecified atom stereocenters. The second-order valence-electron chi connectivity index (χ2n) is 7.27. The first-order valence-corrected chi connectivity index (χ1v) is 9.28. The predicted octanol–water partition coefficient (Wildman–Crippen LogP) is 5.27. The van der Waals surface area contributed by atoms with Crippen LogP contribution in [0.4, 0.5) is 0 Å². The van der Waals surface area contributed by atoms with Gasteiger partial charge in [-0.25, -0.2) is 0 Å². The highest BCUT2D eigenvalue weighted by Crippen LogP contribution is 2.47. The van der Waals surface area contributed by atoms with Crippen molar-refractivity contribution >= 4 is 11.8 Å². The number of hydrogen-bond acceptors (Lipinski definition) is 2. The van der Waals surface area contributed by atoms with Gasteiger partial charge in [-0.05, 0) is 61.6 Å². The second-order valence-corrected chi connectivity index (χ2v) is 8.55. The third kappa shape index (κ3) is 4.04. The maximum atomic E-state index is 6.06. The van der Waals surface area contributed by atoms with Gasteiger partial charge in [0.2, 0.25) is 0 Å². The van der Waals surface area contributed by atoms with Gasteiger partial charge in [0.1, 0.15) is 0 Å². The molecule has 0 saturated heterocycles. The van der Waals surface area contributed by atoms with Gasteiger partial charge in [0, 0.05) is 10.1 Å². The molecule has 1 nitrogen and oxygen atoms in total. The van der Waals surface area contributed by atoms with Gasteiger partial charge in [0.15, 0.2) is 0 Å². The number of hydrogen-bond donors (Lipinski definition) is 1. The molecule has 2 heteroatoms. The van der Waals surface area contributed by atoms with Crippen LogP contribution in [0.1, 0.15) is 52.0 Å². The second kappa shape index (κ2) is 7.19. The number of aryl methyl sites for hydroxylation is 1. The molecular weight excluding hydrogens is 274 g/mol. The molecule has 1 aliphatic rings. The summed E-state index contributed by atoms with van der Waals surface area (Å²) < 4.78 is 0. The third-order valence-corrected chi connectivity index (χ3v) is 7.21. The van der Waals surface area contributed by atoms with Crippen LogP contribution in [0, 0.1) is 24.2 Å². The Morgan fingerprint density at radius 2 is 1.95 bits per heavy atom. The molecule has 3 atom stereocenters. The molecule has 118 valence electrons. The van der Waals surface area contributed by atoms with Crippen LogP contribution in [0.15, 0.2) is 29.2 Å². The predicted molar refractivity (Wildman–Crippen MR) is 94.8 cm³/mol. The van der Waals surface area contributed by atoms with E-state index in [1.807, 2.05) is 0 Å². The van der Waals surface area contributed by atoms with E-state index in [0.717, 1.165) is 12.5 Å². The van der Waals surface area contributed by atoms with E-state index in [1.54, 1.807) is 0 Å². The summed E-state index contributed by atoms with van der Waals surface area (Å²) in [5.74, 6) is 1.52. The fourth-order valence-electron chi connectivity index (χ4n) is 3.46. The van der Waals surface area contributed by atoms with E-state index in [0.29, 0.717) is 16.6 Å². The Kier molecular flexibility index (Phi) is 5.79. The summed E-state index contributed by atoms with van der Waals surface area (Å²) in [6.45, 7) is 10.3. The van der Waals surface area contributed by atoms with Crippen molar-refractivity contribution < 1.29 is 0 Å². The number of benzene rings is 1. The molecule has 0 bridgehead atoms. The van der Waals surface area contributed by atoms with Gasteiger partial charge in [0.05, 0.1) is 0 Å². The first kappa shape index (κ1) is 16.9. The van der Waals surface area contributed by atoms with Crippen LogP contribution in [0.3, 0.4) is 0 Å². The van der Waals surface area contributed by atoms with Crippen LogP contribution in [-0.2, 0) is 0 Å². The monoisotopic (exact) mass is 305 g/mol. The molecule has 0 spiro atoms. The van der Waals surface area contributed by atoms with E-state index < -0.39 is 0 Å². The van der Waals surface area contributed by atoms with Crippen LogP contribution in [0.2, 0.25) is 0 Å². The van der Waals surface area contributed by atoms with Gasteiger partial charge in [-0.3, -0.25) is 0 Å². The van der Waals surface area contributed by atoms with E-state index in [9.17, 15) is 0 Å². The lowest BCUT2D eigenvalue weighted by Crippen LogP contribution is -2.37. The van der Waals surface area contributed by atoms with Crippen molar-refractivity contribution in [3.63, 3.8) is 0 Å². The van der Waals surface area contributed by atoms with Crippen LogP contribution in [0.5, 0.6) is 0 Å². The lowest BCUT2D eigenvalue weighted by atomic mass is 9.67. The summed E-state index contributed by atoms with van der Waals surface area (Å²) in [6.07, 6.45) is 5.25. The van der Waals surface area contributed by atoms with Crippen LogP contribution in [-0.4, -0.2) is 11.8 Å². The van der Waals surface area contributed by atoms with Crippen molar-refractivity contribution in [3.8, 4) is 0 Å². The highest BCUT2D eigenvalue weighted by molar-refractivity contribution is 8.00. The smallest absolute Gasteiger partial charge is 0.0138 e. The SMILES string of the molecule is CCC(C)(C)C1CCC(CN)C(Sc2ccccc2C)C1. The number of thioether (sulfide) groups is 1. The van der Waals surface area contributed by atoms with Gasteiger partial charge in [0.25, 0.3) is 0 Å². The Morgan fingerprint density at radius 1 is 1.24 bits per heavy atom. The Bertz CT molecular complexity index is 455. The largest absolute Gasteiger partial charge is 0.330 e. The lowest BCUT2D eigenvalue weighted by Gasteiger charge is -2.42. The topological polar surface area (TPSA) is 26.0 Å². The minimum absolute atomic E-state index is 0.462. The zero-order valence-corrected chi connectivity index (χ0v) is 14.9. The Morgan fingerprint density at radius 3 is 2.57 bits per heavy atom. The van der Waals surface area contributed by atoms with Gasteiger partial charge in [-0.1, -0.05) is 45.4 Å². The summed E-state index contributed by atoms with van der Waals surface area (Å²) in [7, 11) is 0. The van der Waals surface area contributed by atoms with E-state index in [2.05, 4.69) is 63.7 Å². The fraction of sp³-hybridized carbons (Fsp3) is 0.684. The quantitative estimate of drug-likeness (QED) is 0.802. The highest BCUT2D eigenvalue weighted by atomic mass is 32.2. The Labute approximate surface area is 135 Å². The van der Waals surface area contributed by atoms with Crippen molar-refractivity contribution in [3.05, 3.63) is 29.8 Å². The molecule has 0 aromatic heterocycles. The van der Waals surface area contributed by atoms with E-state index in [-0.39, 0.29) is 0 Å². The minimum Gasteiger partial charge on any atom is -0.330 e. The Balaban J connectivity index is 2.12. The molecule has 0 amide bonds. The summed E-state index contributed by atoms with van der Waals surface area (Å²) >= 11 is 2.07. The fourth-order valence-corrected chi connectivity index (χ4v) is 4.96. The molecule has 1 saturated carbocycles. The van der Waals surface area contributed by atoms with Crippen LogP contribution >= 0.6 is 11.8 Å². The standard InChI is InChI=1S/C19H31NS/c1-5-19(3,4)16-11-10-15(13-20)18(12-16)21-17-9-7-6-8-14(17)2/h6-9,15-16,18H,5,10-13,20H2,1-4H3. The third-order valence-electron chi connectivity index (χ3n) is 5.62. The molecule has 1 aromatic rings. The number of nitrogens with two attached hydrogens (primary N) is 1. The molecule has 21 heavy (non-hydrogen) atoms. The van der Waals surface area contributed by atoms with Crippen molar-refractivity contribution in [1.29, 1.82) is 0 Å². The van der Waals surface area contributed by atoms with Gasteiger partial charge >= 0.3 is 0 Å². The van der Waals surface area contributed by atoms with Gasteiger partial charge < -0.3 is 5.73 Å². The van der Waals surface area contributed by atoms with Crippen LogP contribution in [0.25, 0.3) is 0 Å². The van der Waals surface area contributed by atoms with Crippen molar-refractivity contribution in [2.24, 2.45) is 23.0 Å². The highest BCUT2D eigenvalue weighted by Gasteiger charge is 2.37. The van der Waals surface area contributed by atoms with Gasteiger partial charge in [-0.15, -0.1) is 11.8 Å². The maximum Gasteiger partial charge on any atom is 0.0138 e. The van der Waals surface area contributed by atoms with E-state index in [1.165, 1.54) is 36.1 Å². The Hall–Kier alpha value is -0.470. The molecule has 2 rings (SSSR count). The van der Waals surface area contributed by atoms with Crippen molar-refractivity contribution in [2.45, 2.75) is 63.5 Å². The van der Waals surface area contributed by atoms with E-state index in [4.69, 9.17) is 5.73 Å². The summed E-state index contributed by atoms with van der Waals surface area (Å²) in [4.78, 5) is 1.44. The lowest BCUT2D eigenvalue weighted by molar-refractivity contribution is 0.134. The summed E-state index contributed by atoms with van der Waals surface area (Å²) in [5.41, 5.74) is 7.92. The molecular formula is C19H31NS. The molecule has 1 aliphatic carbocycles. The molecule has 0 aliphatic heterocycles. The zero-order chi connectivity index (χ0) is 15.5. The maximum absolute atomic E-state index is 6.06. The summed E-state index contributed by atoms with van der Waals surface area (Å²) in [5, 5.41) is 0.681. The first-order valence-electron chi connectivity index (χ1n) is 8.40. The first-order chi connectivity index (χ1) is 9.97. The van der Waals surface area contributed by atoms with Crippen molar-refractivity contribution in [2.75, 3.05) is 6.54 Å². The molecule has 2 N–H and O–H groups in total. The molecule has 1 aromatic carbocycles. The summed E-state index contributed by atoms with van der Waals surface area (Å²) in [6, 6.07) is 8.77. The molecule has 1 fully saturated rings. The van der Waals surface area contributed by atoms with E-state index >= 15 is 0 Å². The average molecular weight is 306 g/mol. The van der Waals surface area contributed by atoms with Crippen molar-refractivity contribution in [1.82, 2.24) is 0 Å². The normalized spacial score (nSPS) is 26.8. The minimum atomic E-state index is 0.462. The van der Waals surface area contributed by atoms with Crippen LogP contribution < -0.4 is 5.73 Å². The zero-order valence-electron chi connectivity index (χ0n) is 14.1. The number of rotatable bonds is 5. The van der Waals surface area contributed by atoms with Gasteiger partial charge in [-0.2, -0.15) is 0 Å². The molecule has 0 radical (unpaired) electrons. The average Bonchev–Trinajstić information content (AvgIpc) is 2.49.